The molecular formula is C24H23F2NO4. The summed E-state index contributed by atoms with van der Waals surface area (Å²) < 4.78 is 43.4. The van der Waals surface area contributed by atoms with Crippen molar-refractivity contribution in [3.05, 3.63) is 78.1 Å². The molecule has 3 rings (SSSR count). The van der Waals surface area contributed by atoms with Crippen LogP contribution in [0.15, 0.2) is 66.7 Å². The number of nitrogens with zero attached hydrogens (tertiary/aromatic N) is 1. The number of amides is 1. The van der Waals surface area contributed by atoms with Gasteiger partial charge < -0.3 is 19.1 Å². The highest BCUT2D eigenvalue weighted by Crippen LogP contribution is 2.35. The normalized spacial score (nSPS) is 10.5. The number of anilines is 1. The fraction of sp³-hybridized carbons (Fsp3) is 0.208. The van der Waals surface area contributed by atoms with E-state index in [9.17, 15) is 13.6 Å². The third-order valence-corrected chi connectivity index (χ3v) is 4.49. The van der Waals surface area contributed by atoms with Crippen LogP contribution in [0.1, 0.15) is 12.5 Å². The molecule has 0 radical (unpaired) electrons. The van der Waals surface area contributed by atoms with Gasteiger partial charge in [0.05, 0.1) is 19.3 Å². The predicted molar refractivity (Wildman–Crippen MR) is 114 cm³/mol. The Morgan fingerprint density at radius 1 is 0.968 bits per heavy atom. The van der Waals surface area contributed by atoms with Gasteiger partial charge in [0.2, 0.25) is 5.91 Å². The number of para-hydroxylation sites is 1. The van der Waals surface area contributed by atoms with Crippen molar-refractivity contribution in [2.75, 3.05) is 25.3 Å². The molecule has 1 amide bonds. The predicted octanol–water partition coefficient (Wildman–Crippen LogP) is 5.53. The minimum absolute atomic E-state index is 0.0444. The molecule has 3 aromatic rings. The number of hydrogen-bond acceptors (Lipinski definition) is 4. The monoisotopic (exact) mass is 426 g/mol. The Bertz CT molecular complexity index is 1030. The van der Waals surface area contributed by atoms with Crippen LogP contribution in [0.2, 0.25) is 0 Å². The number of rotatable bonds is 9. The van der Waals surface area contributed by atoms with Crippen molar-refractivity contribution in [2.24, 2.45) is 0 Å². The highest BCUT2D eigenvalue weighted by Gasteiger charge is 2.21. The largest absolute Gasteiger partial charge is 0.497 e. The summed E-state index contributed by atoms with van der Waals surface area (Å²) >= 11 is 0. The second-order valence-corrected chi connectivity index (χ2v) is 6.64. The number of carbonyl (C=O) groups excluding carboxylic acids is 1. The minimum atomic E-state index is -0.652. The maximum atomic E-state index is 14.1. The van der Waals surface area contributed by atoms with Crippen LogP contribution >= 0.6 is 0 Å². The zero-order valence-electron chi connectivity index (χ0n) is 17.3. The summed E-state index contributed by atoms with van der Waals surface area (Å²) in [6.45, 7) is 0.644. The molecule has 0 spiro atoms. The van der Waals surface area contributed by atoms with E-state index in [4.69, 9.17) is 14.2 Å². The lowest BCUT2D eigenvalue weighted by molar-refractivity contribution is -0.116. The first-order chi connectivity index (χ1) is 15.0. The van der Waals surface area contributed by atoms with Crippen LogP contribution in [-0.2, 0) is 11.3 Å². The van der Waals surface area contributed by atoms with Crippen LogP contribution in [0.5, 0.6) is 23.0 Å². The summed E-state index contributed by atoms with van der Waals surface area (Å²) in [5.74, 6) is 0.978. The molecule has 0 atom stereocenters. The Kier molecular flexibility index (Phi) is 7.43. The molecule has 31 heavy (non-hydrogen) atoms. The molecule has 5 nitrogen and oxygen atoms in total. The van der Waals surface area contributed by atoms with Crippen molar-refractivity contribution >= 4 is 11.6 Å². The van der Waals surface area contributed by atoms with Crippen LogP contribution in [0.25, 0.3) is 0 Å². The first-order valence-electron chi connectivity index (χ1n) is 9.68. The maximum absolute atomic E-state index is 14.1. The molecule has 0 saturated heterocycles. The summed E-state index contributed by atoms with van der Waals surface area (Å²) in [6, 6.07) is 18.0. The fourth-order valence-corrected chi connectivity index (χ4v) is 3.04. The van der Waals surface area contributed by atoms with Gasteiger partial charge in [-0.3, -0.25) is 4.79 Å². The van der Waals surface area contributed by atoms with Gasteiger partial charge in [0.1, 0.15) is 36.3 Å². The van der Waals surface area contributed by atoms with E-state index in [1.165, 1.54) is 37.1 Å². The minimum Gasteiger partial charge on any atom is -0.497 e. The lowest BCUT2D eigenvalue weighted by Crippen LogP contribution is -2.28. The Balaban J connectivity index is 2.00. The summed E-state index contributed by atoms with van der Waals surface area (Å²) in [5.41, 5.74) is 0.841. The first kappa shape index (κ1) is 22.1. The van der Waals surface area contributed by atoms with Gasteiger partial charge in [0, 0.05) is 18.6 Å². The van der Waals surface area contributed by atoms with Crippen molar-refractivity contribution in [3.63, 3.8) is 0 Å². The average molecular weight is 426 g/mol. The third kappa shape index (κ3) is 5.72. The van der Waals surface area contributed by atoms with E-state index in [0.29, 0.717) is 28.6 Å². The van der Waals surface area contributed by atoms with E-state index in [2.05, 4.69) is 0 Å². The molecule has 0 saturated carbocycles. The molecule has 7 heteroatoms. The average Bonchev–Trinajstić information content (AvgIpc) is 2.78. The Morgan fingerprint density at radius 3 is 2.39 bits per heavy atom. The molecular weight excluding hydrogens is 403 g/mol. The summed E-state index contributed by atoms with van der Waals surface area (Å²) in [5, 5.41) is 0. The van der Waals surface area contributed by atoms with Gasteiger partial charge in [-0.15, -0.1) is 0 Å². The summed E-state index contributed by atoms with van der Waals surface area (Å²) in [7, 11) is 1.52. The molecule has 0 bridgehead atoms. The van der Waals surface area contributed by atoms with Crippen LogP contribution in [0.4, 0.5) is 14.5 Å². The lowest BCUT2D eigenvalue weighted by atomic mass is 10.1. The standard InChI is InChI=1S/C24H23F2NO4/c1-17(28)27(16-18-14-21(29-2)9-11-23(18)30-13-12-25)22-15-19(26)8-10-24(22)31-20-6-4-3-5-7-20/h3-11,14-15H,12-13,16H2,1-2H3/i2-1. The van der Waals surface area contributed by atoms with Crippen molar-refractivity contribution in [1.29, 1.82) is 0 Å². The van der Waals surface area contributed by atoms with Crippen LogP contribution < -0.4 is 19.1 Å². The van der Waals surface area contributed by atoms with Crippen LogP contribution in [-0.4, -0.2) is 26.3 Å². The smallest absolute Gasteiger partial charge is 0.224 e. The van der Waals surface area contributed by atoms with Crippen LogP contribution in [0, 0.1) is 5.82 Å². The molecule has 0 aliphatic heterocycles. The fourth-order valence-electron chi connectivity index (χ4n) is 3.04. The number of halogens is 2. The molecule has 0 unspecified atom stereocenters. The molecule has 162 valence electrons. The quantitative estimate of drug-likeness (QED) is 0.452. The molecule has 0 aliphatic carbocycles. The molecule has 0 fully saturated rings. The second kappa shape index (κ2) is 10.4. The number of hydrogen-bond donors (Lipinski definition) is 0. The van der Waals surface area contributed by atoms with E-state index in [-0.39, 0.29) is 24.7 Å². The molecule has 0 aromatic heterocycles. The highest BCUT2D eigenvalue weighted by molar-refractivity contribution is 5.93. The van der Waals surface area contributed by atoms with Gasteiger partial charge in [-0.1, -0.05) is 18.2 Å². The van der Waals surface area contributed by atoms with Gasteiger partial charge >= 0.3 is 0 Å². The van der Waals surface area contributed by atoms with E-state index in [1.807, 2.05) is 18.2 Å². The Labute approximate surface area is 179 Å². The third-order valence-electron chi connectivity index (χ3n) is 4.49. The molecule has 0 heterocycles. The van der Waals surface area contributed by atoms with Crippen LogP contribution in [0.3, 0.4) is 0 Å². The molecule has 0 N–H and O–H groups in total. The number of benzene rings is 3. The zero-order valence-corrected chi connectivity index (χ0v) is 17.3. The number of alkyl halides is 1. The van der Waals surface area contributed by atoms with Gasteiger partial charge in [-0.2, -0.15) is 0 Å². The second-order valence-electron chi connectivity index (χ2n) is 6.64. The van der Waals surface area contributed by atoms with Crippen molar-refractivity contribution in [1.82, 2.24) is 0 Å². The summed E-state index contributed by atoms with van der Waals surface area (Å²) in [4.78, 5) is 13.9. The van der Waals surface area contributed by atoms with Gasteiger partial charge in [-0.05, 0) is 42.5 Å². The highest BCUT2D eigenvalue weighted by atomic mass is 19.1. The van der Waals surface area contributed by atoms with Crippen molar-refractivity contribution < 1.29 is 27.8 Å². The van der Waals surface area contributed by atoms with E-state index >= 15 is 0 Å². The van der Waals surface area contributed by atoms with Gasteiger partial charge in [0.25, 0.3) is 0 Å². The molecule has 3 aromatic carbocycles. The first-order valence-corrected chi connectivity index (χ1v) is 9.68. The van der Waals surface area contributed by atoms with E-state index < -0.39 is 12.5 Å². The zero-order chi connectivity index (χ0) is 22.2. The maximum Gasteiger partial charge on any atom is 0.224 e. The van der Waals surface area contributed by atoms with E-state index in [0.717, 1.165) is 0 Å². The number of methoxy groups -OCH3 is 1. The Hall–Kier alpha value is -3.61. The van der Waals surface area contributed by atoms with Crippen molar-refractivity contribution in [2.45, 2.75) is 13.5 Å². The lowest BCUT2D eigenvalue weighted by Gasteiger charge is -2.25. The van der Waals surface area contributed by atoms with Crippen molar-refractivity contribution in [3.8, 4) is 23.0 Å². The molecule has 0 aliphatic rings. The Morgan fingerprint density at radius 2 is 1.71 bits per heavy atom. The van der Waals surface area contributed by atoms with Gasteiger partial charge in [0.15, 0.2) is 5.75 Å². The van der Waals surface area contributed by atoms with Gasteiger partial charge in [-0.25, -0.2) is 8.78 Å². The SMILES string of the molecule is CC(=O)N(Cc1cc(O[11CH3])ccc1OCCF)c1cc(F)ccc1Oc1ccccc1. The summed E-state index contributed by atoms with van der Waals surface area (Å²) in [6.07, 6.45) is 0. The number of carbonyl (C=O) groups is 1. The number of ether oxygens (including phenoxy) is 3. The van der Waals surface area contributed by atoms with E-state index in [1.54, 1.807) is 30.3 Å². The topological polar surface area (TPSA) is 48.0 Å².